The fourth-order valence-corrected chi connectivity index (χ4v) is 2.01. The average Bonchev–Trinajstić information content (AvgIpc) is 2.70. The highest BCUT2D eigenvalue weighted by Crippen LogP contribution is 2.15. The summed E-state index contributed by atoms with van der Waals surface area (Å²) in [5.74, 6) is 1.16. The van der Waals surface area contributed by atoms with Gasteiger partial charge in [0, 0.05) is 25.2 Å². The highest BCUT2D eigenvalue weighted by Gasteiger charge is 2.22. The smallest absolute Gasteiger partial charge is 0.0621 e. The zero-order chi connectivity index (χ0) is 11.1. The second-order valence-electron chi connectivity index (χ2n) is 4.72. The molecule has 0 amide bonds. The summed E-state index contributed by atoms with van der Waals surface area (Å²) in [6.07, 6.45) is 3.56. The zero-order valence-corrected chi connectivity index (χ0v) is 10.1. The fourth-order valence-electron chi connectivity index (χ4n) is 2.01. The van der Waals surface area contributed by atoms with E-state index in [9.17, 15) is 0 Å². The van der Waals surface area contributed by atoms with Crippen molar-refractivity contribution in [2.75, 3.05) is 26.4 Å². The molecule has 0 aliphatic carbocycles. The first-order valence-electron chi connectivity index (χ1n) is 6.15. The van der Waals surface area contributed by atoms with Crippen LogP contribution in [0.2, 0.25) is 0 Å². The summed E-state index contributed by atoms with van der Waals surface area (Å²) in [5, 5.41) is 0. The van der Waals surface area contributed by atoms with E-state index >= 15 is 0 Å². The zero-order valence-electron chi connectivity index (χ0n) is 10.1. The van der Waals surface area contributed by atoms with Gasteiger partial charge in [0.2, 0.25) is 0 Å². The molecule has 0 bridgehead atoms. The summed E-state index contributed by atoms with van der Waals surface area (Å²) in [5.41, 5.74) is 6.03. The second-order valence-corrected chi connectivity index (χ2v) is 4.72. The molecule has 3 atom stereocenters. The van der Waals surface area contributed by atoms with Gasteiger partial charge < -0.3 is 15.2 Å². The summed E-state index contributed by atoms with van der Waals surface area (Å²) in [4.78, 5) is 0. The first-order valence-corrected chi connectivity index (χ1v) is 6.15. The third-order valence-electron chi connectivity index (χ3n) is 3.06. The van der Waals surface area contributed by atoms with Crippen molar-refractivity contribution in [1.82, 2.24) is 0 Å². The van der Waals surface area contributed by atoms with Gasteiger partial charge in [-0.05, 0) is 18.8 Å². The van der Waals surface area contributed by atoms with Crippen molar-refractivity contribution in [3.63, 3.8) is 0 Å². The molecule has 1 aliphatic rings. The Morgan fingerprint density at radius 1 is 1.47 bits per heavy atom. The Bertz CT molecular complexity index is 158. The monoisotopic (exact) mass is 215 g/mol. The Kier molecular flexibility index (Phi) is 6.22. The van der Waals surface area contributed by atoms with Gasteiger partial charge in [-0.3, -0.25) is 0 Å². The van der Waals surface area contributed by atoms with Gasteiger partial charge in [0.05, 0.1) is 13.2 Å². The average molecular weight is 215 g/mol. The van der Waals surface area contributed by atoms with E-state index in [4.69, 9.17) is 15.2 Å². The molecular weight excluding hydrogens is 190 g/mol. The summed E-state index contributed by atoms with van der Waals surface area (Å²) in [7, 11) is 0. The van der Waals surface area contributed by atoms with E-state index < -0.39 is 0 Å². The van der Waals surface area contributed by atoms with E-state index in [0.717, 1.165) is 26.2 Å². The lowest BCUT2D eigenvalue weighted by Crippen LogP contribution is -2.35. The quantitative estimate of drug-likeness (QED) is 0.704. The van der Waals surface area contributed by atoms with Crippen LogP contribution in [0.4, 0.5) is 0 Å². The van der Waals surface area contributed by atoms with Crippen molar-refractivity contribution in [3.8, 4) is 0 Å². The van der Waals surface area contributed by atoms with E-state index in [-0.39, 0.29) is 6.04 Å². The van der Waals surface area contributed by atoms with E-state index in [0.29, 0.717) is 18.4 Å². The SMILES string of the molecule is CCCC(C)COCC(N)C1CCOC1. The Hall–Kier alpha value is -0.120. The highest BCUT2D eigenvalue weighted by atomic mass is 16.5. The predicted octanol–water partition coefficient (Wildman–Crippen LogP) is 1.80. The van der Waals surface area contributed by atoms with Crippen molar-refractivity contribution in [1.29, 1.82) is 0 Å². The van der Waals surface area contributed by atoms with Crippen LogP contribution in [0, 0.1) is 11.8 Å². The molecular formula is C12H25NO2. The Morgan fingerprint density at radius 2 is 2.27 bits per heavy atom. The number of hydrogen-bond acceptors (Lipinski definition) is 3. The summed E-state index contributed by atoms with van der Waals surface area (Å²) in [6.45, 7) is 7.64. The molecule has 1 aliphatic heterocycles. The number of nitrogens with two attached hydrogens (primary N) is 1. The minimum absolute atomic E-state index is 0.154. The largest absolute Gasteiger partial charge is 0.381 e. The van der Waals surface area contributed by atoms with Crippen LogP contribution in [-0.4, -0.2) is 32.5 Å². The highest BCUT2D eigenvalue weighted by molar-refractivity contribution is 4.75. The minimum atomic E-state index is 0.154. The second kappa shape index (κ2) is 7.20. The maximum absolute atomic E-state index is 6.03. The Balaban J connectivity index is 2.03. The molecule has 1 fully saturated rings. The first kappa shape index (κ1) is 12.9. The van der Waals surface area contributed by atoms with E-state index in [1.165, 1.54) is 12.8 Å². The molecule has 3 heteroatoms. The van der Waals surface area contributed by atoms with Gasteiger partial charge in [-0.25, -0.2) is 0 Å². The standard InChI is InChI=1S/C12H25NO2/c1-3-4-10(2)7-15-9-12(13)11-5-6-14-8-11/h10-12H,3-9,13H2,1-2H3. The van der Waals surface area contributed by atoms with Crippen LogP contribution in [0.1, 0.15) is 33.1 Å². The van der Waals surface area contributed by atoms with Crippen LogP contribution in [-0.2, 0) is 9.47 Å². The third kappa shape index (κ3) is 4.96. The van der Waals surface area contributed by atoms with Gasteiger partial charge >= 0.3 is 0 Å². The molecule has 1 rings (SSSR count). The van der Waals surface area contributed by atoms with Gasteiger partial charge in [0.15, 0.2) is 0 Å². The van der Waals surface area contributed by atoms with Crippen molar-refractivity contribution >= 4 is 0 Å². The van der Waals surface area contributed by atoms with Gasteiger partial charge in [-0.2, -0.15) is 0 Å². The maximum Gasteiger partial charge on any atom is 0.0621 e. The van der Waals surface area contributed by atoms with Crippen LogP contribution in [0.25, 0.3) is 0 Å². The van der Waals surface area contributed by atoms with E-state index in [1.54, 1.807) is 0 Å². The molecule has 0 aromatic carbocycles. The molecule has 1 saturated heterocycles. The van der Waals surface area contributed by atoms with Crippen molar-refractivity contribution in [2.24, 2.45) is 17.6 Å². The van der Waals surface area contributed by atoms with E-state index in [2.05, 4.69) is 13.8 Å². The van der Waals surface area contributed by atoms with Gasteiger partial charge in [0.1, 0.15) is 0 Å². The van der Waals surface area contributed by atoms with E-state index in [1.807, 2.05) is 0 Å². The van der Waals surface area contributed by atoms with Gasteiger partial charge in [0.25, 0.3) is 0 Å². The Labute approximate surface area is 93.3 Å². The topological polar surface area (TPSA) is 44.5 Å². The molecule has 15 heavy (non-hydrogen) atoms. The molecule has 0 spiro atoms. The molecule has 3 unspecified atom stereocenters. The Morgan fingerprint density at radius 3 is 2.87 bits per heavy atom. The number of ether oxygens (including phenoxy) is 2. The molecule has 1 heterocycles. The van der Waals surface area contributed by atoms with Crippen LogP contribution in [0.3, 0.4) is 0 Å². The van der Waals surface area contributed by atoms with Gasteiger partial charge in [-0.1, -0.05) is 20.3 Å². The molecule has 0 saturated carbocycles. The van der Waals surface area contributed by atoms with Crippen LogP contribution >= 0.6 is 0 Å². The number of hydrogen-bond donors (Lipinski definition) is 1. The fraction of sp³-hybridized carbons (Fsp3) is 1.00. The number of rotatable bonds is 7. The molecule has 2 N–H and O–H groups in total. The first-order chi connectivity index (χ1) is 7.24. The summed E-state index contributed by atoms with van der Waals surface area (Å²) < 4.78 is 11.0. The van der Waals surface area contributed by atoms with Crippen molar-refractivity contribution in [2.45, 2.75) is 39.2 Å². The lowest BCUT2D eigenvalue weighted by atomic mass is 10.0. The lowest BCUT2D eigenvalue weighted by Gasteiger charge is -2.19. The van der Waals surface area contributed by atoms with Gasteiger partial charge in [-0.15, -0.1) is 0 Å². The van der Waals surface area contributed by atoms with Crippen LogP contribution in [0.5, 0.6) is 0 Å². The minimum Gasteiger partial charge on any atom is -0.381 e. The summed E-state index contributed by atoms with van der Waals surface area (Å²) in [6, 6.07) is 0.154. The molecule has 0 aromatic heterocycles. The molecule has 0 aromatic rings. The maximum atomic E-state index is 6.03. The molecule has 0 radical (unpaired) electrons. The predicted molar refractivity (Wildman–Crippen MR) is 61.8 cm³/mol. The normalized spacial score (nSPS) is 25.4. The van der Waals surface area contributed by atoms with Crippen molar-refractivity contribution < 1.29 is 9.47 Å². The van der Waals surface area contributed by atoms with Crippen molar-refractivity contribution in [3.05, 3.63) is 0 Å². The lowest BCUT2D eigenvalue weighted by molar-refractivity contribution is 0.0756. The van der Waals surface area contributed by atoms with Crippen LogP contribution < -0.4 is 5.73 Å². The third-order valence-corrected chi connectivity index (χ3v) is 3.06. The molecule has 90 valence electrons. The summed E-state index contributed by atoms with van der Waals surface area (Å²) >= 11 is 0. The van der Waals surface area contributed by atoms with Crippen LogP contribution in [0.15, 0.2) is 0 Å². The molecule has 3 nitrogen and oxygen atoms in total.